The Kier molecular flexibility index (Phi) is 4.91. The van der Waals surface area contributed by atoms with Crippen LogP contribution in [0.3, 0.4) is 0 Å². The molecule has 3 atom stereocenters. The molecule has 0 spiro atoms. The van der Waals surface area contributed by atoms with Crippen molar-refractivity contribution in [2.75, 3.05) is 6.54 Å². The molecule has 0 saturated carbocycles. The molecule has 1 saturated heterocycles. The normalized spacial score (nSPS) is 26.5. The van der Waals surface area contributed by atoms with Gasteiger partial charge in [0.05, 0.1) is 12.1 Å². The fourth-order valence-corrected chi connectivity index (χ4v) is 3.95. The first-order chi connectivity index (χ1) is 12.7. The lowest BCUT2D eigenvalue weighted by Crippen LogP contribution is -2.49. The number of halogens is 8. The first kappa shape index (κ1) is 20.9. The van der Waals surface area contributed by atoms with Crippen LogP contribution in [0.4, 0.5) is 35.1 Å². The minimum atomic E-state index is -5.85. The van der Waals surface area contributed by atoms with E-state index in [1.54, 1.807) is 6.92 Å². The van der Waals surface area contributed by atoms with Crippen molar-refractivity contribution in [3.8, 4) is 0 Å². The van der Waals surface area contributed by atoms with Gasteiger partial charge in [-0.3, -0.25) is 14.4 Å². The van der Waals surface area contributed by atoms with E-state index in [-0.39, 0.29) is 21.6 Å². The average molecular weight is 436 g/mol. The molecule has 1 aromatic heterocycles. The molecule has 1 aromatic rings. The van der Waals surface area contributed by atoms with Crippen LogP contribution in [0.1, 0.15) is 18.4 Å². The molecule has 3 heterocycles. The number of nitrogens with zero attached hydrogens (tertiary/aromatic N) is 4. The average Bonchev–Trinajstić information content (AvgIpc) is 3.10. The van der Waals surface area contributed by atoms with Crippen LogP contribution in [-0.4, -0.2) is 61.9 Å². The molecule has 14 heteroatoms. The third-order valence-corrected chi connectivity index (χ3v) is 5.29. The van der Waals surface area contributed by atoms with E-state index in [4.69, 9.17) is 0 Å². The van der Waals surface area contributed by atoms with Crippen molar-refractivity contribution in [3.05, 3.63) is 18.0 Å². The molecule has 0 aromatic carbocycles. The summed E-state index contributed by atoms with van der Waals surface area (Å²) >= 11 is 0.996. The smallest absolute Gasteiger partial charge is 0.290 e. The van der Waals surface area contributed by atoms with Crippen LogP contribution in [0.15, 0.2) is 17.4 Å². The number of fused-ring (bicyclic) bond motifs is 1. The topological polar surface area (TPSA) is 50.5 Å². The number of hydrogen-bond donors (Lipinski definition) is 0. The molecule has 3 rings (SSSR count). The number of carbonyl (C=O) groups excluding carboxylic acids is 1. The van der Waals surface area contributed by atoms with Crippen LogP contribution < -0.4 is 0 Å². The molecule has 0 bridgehead atoms. The van der Waals surface area contributed by atoms with E-state index in [1.165, 1.54) is 0 Å². The Morgan fingerprint density at radius 2 is 1.82 bits per heavy atom. The SMILES string of the molecule is C[C@H]1CN2C(=O)C(c3cnn(CC(F)(F)C(F)(F)F)c3)C(C(F)(F)F)N=C2S1. The molecule has 1 amide bonds. The number of rotatable bonds is 3. The van der Waals surface area contributed by atoms with Gasteiger partial charge in [0.15, 0.2) is 11.2 Å². The summed E-state index contributed by atoms with van der Waals surface area (Å²) in [4.78, 5) is 17.3. The fourth-order valence-electron chi connectivity index (χ4n) is 2.90. The van der Waals surface area contributed by atoms with Crippen molar-refractivity contribution in [3.63, 3.8) is 0 Å². The Morgan fingerprint density at radius 1 is 1.18 bits per heavy atom. The highest BCUT2D eigenvalue weighted by atomic mass is 32.2. The van der Waals surface area contributed by atoms with E-state index in [9.17, 15) is 39.9 Å². The largest absolute Gasteiger partial charge is 0.455 e. The maximum absolute atomic E-state index is 13.5. The maximum Gasteiger partial charge on any atom is 0.455 e. The first-order valence-corrected chi connectivity index (χ1v) is 8.68. The molecule has 2 aliphatic rings. The predicted molar refractivity (Wildman–Crippen MR) is 82.0 cm³/mol. The van der Waals surface area contributed by atoms with Gasteiger partial charge in [-0.15, -0.1) is 0 Å². The molecule has 2 unspecified atom stereocenters. The number of hydrogen-bond acceptors (Lipinski definition) is 4. The second-order valence-corrected chi connectivity index (χ2v) is 7.83. The summed E-state index contributed by atoms with van der Waals surface area (Å²) < 4.78 is 104. The molecule has 0 aliphatic carbocycles. The van der Waals surface area contributed by atoms with E-state index >= 15 is 0 Å². The Balaban J connectivity index is 1.94. The number of aliphatic imine (C=N–C) groups is 1. The zero-order valence-electron chi connectivity index (χ0n) is 13.9. The Hall–Kier alpha value is -1.86. The number of alkyl halides is 8. The minimum Gasteiger partial charge on any atom is -0.290 e. The second-order valence-electron chi connectivity index (χ2n) is 6.43. The first-order valence-electron chi connectivity index (χ1n) is 7.80. The van der Waals surface area contributed by atoms with Crippen molar-refractivity contribution >= 4 is 22.8 Å². The second kappa shape index (κ2) is 6.59. The van der Waals surface area contributed by atoms with Crippen molar-refractivity contribution in [2.45, 2.75) is 49.0 Å². The lowest BCUT2D eigenvalue weighted by Gasteiger charge is -2.33. The van der Waals surface area contributed by atoms with Gasteiger partial charge in [0.1, 0.15) is 6.54 Å². The molecular weight excluding hydrogens is 424 g/mol. The van der Waals surface area contributed by atoms with E-state index < -0.39 is 48.3 Å². The number of thioether (sulfide) groups is 1. The van der Waals surface area contributed by atoms with Gasteiger partial charge in [-0.1, -0.05) is 18.7 Å². The standard InChI is InChI=1S/C14H12F8N4OS/c1-6-3-26-10(27)8(9(13(17,18)19)24-11(26)28-6)7-2-23-25(4-7)5-12(15,16)14(20,21)22/h2,4,6,8-9H,3,5H2,1H3/t6-,8?,9?/m0/s1. The van der Waals surface area contributed by atoms with Gasteiger partial charge in [0.25, 0.3) is 0 Å². The van der Waals surface area contributed by atoms with Gasteiger partial charge < -0.3 is 0 Å². The van der Waals surface area contributed by atoms with E-state index in [0.29, 0.717) is 12.4 Å². The fraction of sp³-hybridized carbons (Fsp3) is 0.643. The summed E-state index contributed by atoms with van der Waals surface area (Å²) in [6.07, 6.45) is -9.50. The van der Waals surface area contributed by atoms with E-state index in [2.05, 4.69) is 10.1 Å². The molecule has 156 valence electrons. The number of amidine groups is 1. The third-order valence-electron chi connectivity index (χ3n) is 4.20. The Bertz CT molecular complexity index is 802. The number of amides is 1. The zero-order chi connectivity index (χ0) is 21.1. The highest BCUT2D eigenvalue weighted by Gasteiger charge is 2.58. The summed E-state index contributed by atoms with van der Waals surface area (Å²) in [7, 11) is 0. The van der Waals surface area contributed by atoms with Crippen molar-refractivity contribution < 1.29 is 39.9 Å². The van der Waals surface area contributed by atoms with Crippen LogP contribution in [0.5, 0.6) is 0 Å². The molecule has 1 fully saturated rings. The van der Waals surface area contributed by atoms with Crippen molar-refractivity contribution in [1.29, 1.82) is 0 Å². The van der Waals surface area contributed by atoms with Crippen LogP contribution in [0, 0.1) is 0 Å². The third kappa shape index (κ3) is 3.70. The van der Waals surface area contributed by atoms with Gasteiger partial charge in [-0.05, 0) is 0 Å². The van der Waals surface area contributed by atoms with E-state index in [0.717, 1.165) is 16.7 Å². The monoisotopic (exact) mass is 436 g/mol. The highest BCUT2D eigenvalue weighted by molar-refractivity contribution is 8.14. The predicted octanol–water partition coefficient (Wildman–Crippen LogP) is 3.43. The van der Waals surface area contributed by atoms with Crippen LogP contribution in [0.2, 0.25) is 0 Å². The quantitative estimate of drug-likeness (QED) is 0.683. The minimum absolute atomic E-state index is 0.0907. The summed E-state index contributed by atoms with van der Waals surface area (Å²) in [5, 5.41) is 3.00. The van der Waals surface area contributed by atoms with Crippen LogP contribution >= 0.6 is 11.8 Å². The Labute approximate surface area is 156 Å². The molecule has 28 heavy (non-hydrogen) atoms. The summed E-state index contributed by atoms with van der Waals surface area (Å²) in [6.45, 7) is -0.115. The molecule has 2 aliphatic heterocycles. The molecule has 5 nitrogen and oxygen atoms in total. The molecular formula is C14H12F8N4OS. The summed E-state index contributed by atoms with van der Waals surface area (Å²) in [5.41, 5.74) is -0.433. The van der Waals surface area contributed by atoms with Crippen LogP contribution in [0.25, 0.3) is 0 Å². The van der Waals surface area contributed by atoms with Gasteiger partial charge in [-0.25, -0.2) is 4.99 Å². The number of aromatic nitrogens is 2. The summed E-state index contributed by atoms with van der Waals surface area (Å²) in [6, 6.07) is -2.48. The molecule has 0 N–H and O–H groups in total. The maximum atomic E-state index is 13.5. The van der Waals surface area contributed by atoms with Crippen LogP contribution in [-0.2, 0) is 11.3 Å². The van der Waals surface area contributed by atoms with Gasteiger partial charge in [0, 0.05) is 23.6 Å². The summed E-state index contributed by atoms with van der Waals surface area (Å²) in [5.74, 6) is -8.00. The zero-order valence-corrected chi connectivity index (χ0v) is 14.7. The lowest BCUT2D eigenvalue weighted by molar-refractivity contribution is -0.287. The lowest BCUT2D eigenvalue weighted by atomic mass is 9.91. The van der Waals surface area contributed by atoms with E-state index in [1.807, 2.05) is 0 Å². The van der Waals surface area contributed by atoms with Gasteiger partial charge in [0.2, 0.25) is 5.91 Å². The molecule has 0 radical (unpaired) electrons. The van der Waals surface area contributed by atoms with Gasteiger partial charge >= 0.3 is 18.3 Å². The van der Waals surface area contributed by atoms with Gasteiger partial charge in [-0.2, -0.15) is 40.2 Å². The van der Waals surface area contributed by atoms with Crippen molar-refractivity contribution in [1.82, 2.24) is 14.7 Å². The highest BCUT2D eigenvalue weighted by Crippen LogP contribution is 2.42. The number of carbonyl (C=O) groups is 1. The van der Waals surface area contributed by atoms with Crippen molar-refractivity contribution in [2.24, 2.45) is 4.99 Å². The Morgan fingerprint density at radius 3 is 2.39 bits per heavy atom.